The molecule has 98 valence electrons. The highest BCUT2D eigenvalue weighted by Gasteiger charge is 2.26. The van der Waals surface area contributed by atoms with Crippen LogP contribution < -0.4 is 0 Å². The minimum atomic E-state index is 0.0742. The van der Waals surface area contributed by atoms with Gasteiger partial charge in [-0.1, -0.05) is 6.92 Å². The van der Waals surface area contributed by atoms with Crippen LogP contribution in [0.2, 0.25) is 0 Å². The Kier molecular flexibility index (Phi) is 4.95. The Morgan fingerprint density at radius 2 is 2.24 bits per heavy atom. The molecule has 0 bridgehead atoms. The first-order chi connectivity index (χ1) is 8.29. The number of likely N-dealkylation sites (N-methyl/N-ethyl adjacent to an activating group) is 1. The Morgan fingerprint density at radius 1 is 1.35 bits per heavy atom. The van der Waals surface area contributed by atoms with Crippen LogP contribution in [0.25, 0.3) is 0 Å². The standard InChI is InChI=1S/C13H23NO3/c1-2-14(9-12-4-3-6-17-12)8-11-10-16-7-5-13(11)15/h11-12H,2-10H2,1H3. The second kappa shape index (κ2) is 6.47. The molecule has 2 saturated heterocycles. The van der Waals surface area contributed by atoms with E-state index >= 15 is 0 Å². The summed E-state index contributed by atoms with van der Waals surface area (Å²) in [6, 6.07) is 0. The highest BCUT2D eigenvalue weighted by atomic mass is 16.5. The van der Waals surface area contributed by atoms with Crippen molar-refractivity contribution >= 4 is 5.78 Å². The Labute approximate surface area is 103 Å². The van der Waals surface area contributed by atoms with Gasteiger partial charge in [0.05, 0.1) is 25.2 Å². The Balaban J connectivity index is 1.79. The van der Waals surface area contributed by atoms with E-state index in [0.29, 0.717) is 31.5 Å². The van der Waals surface area contributed by atoms with Crippen molar-refractivity contribution in [3.05, 3.63) is 0 Å². The zero-order valence-electron chi connectivity index (χ0n) is 10.7. The largest absolute Gasteiger partial charge is 0.380 e. The summed E-state index contributed by atoms with van der Waals surface area (Å²) in [5.74, 6) is 0.437. The van der Waals surface area contributed by atoms with E-state index in [1.165, 1.54) is 6.42 Å². The summed E-state index contributed by atoms with van der Waals surface area (Å²) in [5, 5.41) is 0. The van der Waals surface area contributed by atoms with Gasteiger partial charge in [0.25, 0.3) is 0 Å². The highest BCUT2D eigenvalue weighted by molar-refractivity contribution is 5.82. The second-order valence-electron chi connectivity index (χ2n) is 4.98. The van der Waals surface area contributed by atoms with Gasteiger partial charge in [-0.2, -0.15) is 0 Å². The summed E-state index contributed by atoms with van der Waals surface area (Å²) in [6.07, 6.45) is 3.29. The van der Waals surface area contributed by atoms with Gasteiger partial charge < -0.3 is 14.4 Å². The molecule has 4 heteroatoms. The summed E-state index contributed by atoms with van der Waals surface area (Å²) < 4.78 is 11.0. The van der Waals surface area contributed by atoms with Crippen LogP contribution in [0.4, 0.5) is 0 Å². The lowest BCUT2D eigenvalue weighted by atomic mass is 10.00. The third-order valence-electron chi connectivity index (χ3n) is 3.68. The first kappa shape index (κ1) is 13.0. The molecule has 2 rings (SSSR count). The van der Waals surface area contributed by atoms with Gasteiger partial charge in [0, 0.05) is 26.1 Å². The van der Waals surface area contributed by atoms with E-state index in [-0.39, 0.29) is 5.92 Å². The van der Waals surface area contributed by atoms with Crippen molar-refractivity contribution in [2.24, 2.45) is 5.92 Å². The number of nitrogens with zero attached hydrogens (tertiary/aromatic N) is 1. The number of hydrogen-bond donors (Lipinski definition) is 0. The minimum Gasteiger partial charge on any atom is -0.380 e. The van der Waals surface area contributed by atoms with Crippen LogP contribution in [0.5, 0.6) is 0 Å². The van der Waals surface area contributed by atoms with Gasteiger partial charge in [0.2, 0.25) is 0 Å². The van der Waals surface area contributed by atoms with Gasteiger partial charge >= 0.3 is 0 Å². The number of ether oxygens (including phenoxy) is 2. The Bertz CT molecular complexity index is 251. The predicted molar refractivity (Wildman–Crippen MR) is 65.0 cm³/mol. The summed E-state index contributed by atoms with van der Waals surface area (Å²) in [5.41, 5.74) is 0. The minimum absolute atomic E-state index is 0.0742. The topological polar surface area (TPSA) is 38.8 Å². The van der Waals surface area contributed by atoms with Gasteiger partial charge in [-0.25, -0.2) is 0 Å². The summed E-state index contributed by atoms with van der Waals surface area (Å²) in [7, 11) is 0. The fourth-order valence-electron chi connectivity index (χ4n) is 2.57. The second-order valence-corrected chi connectivity index (χ2v) is 4.98. The summed E-state index contributed by atoms with van der Waals surface area (Å²) in [4.78, 5) is 14.1. The maximum Gasteiger partial charge on any atom is 0.141 e. The van der Waals surface area contributed by atoms with E-state index in [1.54, 1.807) is 0 Å². The van der Waals surface area contributed by atoms with Crippen molar-refractivity contribution in [3.8, 4) is 0 Å². The molecule has 0 N–H and O–H groups in total. The van der Waals surface area contributed by atoms with Crippen LogP contribution in [0, 0.1) is 5.92 Å². The maximum atomic E-state index is 11.7. The number of hydrogen-bond acceptors (Lipinski definition) is 4. The molecule has 4 nitrogen and oxygen atoms in total. The quantitative estimate of drug-likeness (QED) is 0.722. The highest BCUT2D eigenvalue weighted by Crippen LogP contribution is 2.16. The van der Waals surface area contributed by atoms with Crippen LogP contribution in [0.3, 0.4) is 0 Å². The molecule has 0 amide bonds. The van der Waals surface area contributed by atoms with Gasteiger partial charge in [-0.15, -0.1) is 0 Å². The lowest BCUT2D eigenvalue weighted by molar-refractivity contribution is -0.131. The number of Topliss-reactive ketones (excluding diaryl/α,β-unsaturated/α-hetero) is 1. The Morgan fingerprint density at radius 3 is 2.88 bits per heavy atom. The number of rotatable bonds is 5. The van der Waals surface area contributed by atoms with Gasteiger partial charge in [-0.05, 0) is 19.4 Å². The van der Waals surface area contributed by atoms with E-state index in [1.807, 2.05) is 0 Å². The molecule has 2 aliphatic heterocycles. The molecule has 0 aliphatic carbocycles. The van der Waals surface area contributed by atoms with Crippen molar-refractivity contribution in [3.63, 3.8) is 0 Å². The molecule has 2 fully saturated rings. The SMILES string of the molecule is CCN(CC1CCCO1)CC1COCCC1=O. The van der Waals surface area contributed by atoms with E-state index < -0.39 is 0 Å². The van der Waals surface area contributed by atoms with E-state index in [0.717, 1.165) is 32.7 Å². The molecule has 17 heavy (non-hydrogen) atoms. The number of ketones is 1. The maximum absolute atomic E-state index is 11.7. The third kappa shape index (κ3) is 3.76. The molecular weight excluding hydrogens is 218 g/mol. The van der Waals surface area contributed by atoms with Crippen LogP contribution in [0.1, 0.15) is 26.2 Å². The van der Waals surface area contributed by atoms with Crippen molar-refractivity contribution in [2.45, 2.75) is 32.3 Å². The van der Waals surface area contributed by atoms with Crippen LogP contribution >= 0.6 is 0 Å². The first-order valence-electron chi connectivity index (χ1n) is 6.74. The zero-order valence-corrected chi connectivity index (χ0v) is 10.7. The van der Waals surface area contributed by atoms with Crippen molar-refractivity contribution in [1.82, 2.24) is 4.90 Å². The van der Waals surface area contributed by atoms with Crippen molar-refractivity contribution in [1.29, 1.82) is 0 Å². The van der Waals surface area contributed by atoms with Crippen LogP contribution in [-0.4, -0.2) is 56.2 Å². The summed E-state index contributed by atoms with van der Waals surface area (Å²) >= 11 is 0. The van der Waals surface area contributed by atoms with Crippen LogP contribution in [-0.2, 0) is 14.3 Å². The van der Waals surface area contributed by atoms with Gasteiger partial charge in [0.1, 0.15) is 5.78 Å². The Hall–Kier alpha value is -0.450. The smallest absolute Gasteiger partial charge is 0.141 e. The molecule has 0 aromatic carbocycles. The first-order valence-corrected chi connectivity index (χ1v) is 6.74. The van der Waals surface area contributed by atoms with E-state index in [2.05, 4.69) is 11.8 Å². The monoisotopic (exact) mass is 241 g/mol. The predicted octanol–water partition coefficient (Wildman–Crippen LogP) is 1.09. The molecule has 0 aromatic rings. The molecular formula is C13H23NO3. The lowest BCUT2D eigenvalue weighted by Crippen LogP contribution is -2.41. The molecule has 2 aliphatic rings. The molecule has 0 spiro atoms. The molecule has 0 radical (unpaired) electrons. The molecule has 0 saturated carbocycles. The van der Waals surface area contributed by atoms with E-state index in [4.69, 9.17) is 9.47 Å². The molecule has 0 aromatic heterocycles. The zero-order chi connectivity index (χ0) is 12.1. The fourth-order valence-corrected chi connectivity index (χ4v) is 2.57. The molecule has 2 heterocycles. The van der Waals surface area contributed by atoms with Crippen LogP contribution in [0.15, 0.2) is 0 Å². The van der Waals surface area contributed by atoms with E-state index in [9.17, 15) is 4.79 Å². The lowest BCUT2D eigenvalue weighted by Gasteiger charge is -2.29. The molecule has 2 atom stereocenters. The fraction of sp³-hybridized carbons (Fsp3) is 0.923. The number of carbonyl (C=O) groups excluding carboxylic acids is 1. The third-order valence-corrected chi connectivity index (χ3v) is 3.68. The number of carbonyl (C=O) groups is 1. The normalized spacial score (nSPS) is 30.1. The average molecular weight is 241 g/mol. The van der Waals surface area contributed by atoms with Gasteiger partial charge in [0.15, 0.2) is 0 Å². The van der Waals surface area contributed by atoms with Crippen molar-refractivity contribution in [2.75, 3.05) is 39.5 Å². The molecule has 2 unspecified atom stereocenters. The van der Waals surface area contributed by atoms with Gasteiger partial charge in [-0.3, -0.25) is 4.79 Å². The summed E-state index contributed by atoms with van der Waals surface area (Å²) in [6.45, 7) is 7.00. The average Bonchev–Trinajstić information content (AvgIpc) is 2.84. The van der Waals surface area contributed by atoms with Crippen molar-refractivity contribution < 1.29 is 14.3 Å².